The van der Waals surface area contributed by atoms with Crippen molar-refractivity contribution in [3.8, 4) is 11.5 Å². The predicted molar refractivity (Wildman–Crippen MR) is 132 cm³/mol. The van der Waals surface area contributed by atoms with Gasteiger partial charge in [-0.15, -0.1) is 0 Å². The minimum absolute atomic E-state index is 0.0960. The van der Waals surface area contributed by atoms with Crippen LogP contribution in [0.15, 0.2) is 65.5 Å². The van der Waals surface area contributed by atoms with E-state index in [1.165, 1.54) is 26.4 Å². The number of hydrogen-bond donors (Lipinski definition) is 2. The molecule has 0 atom stereocenters. The third-order valence-corrected chi connectivity index (χ3v) is 5.53. The Kier molecular flexibility index (Phi) is 7.42. The molecule has 4 aromatic rings. The number of nitrogens with one attached hydrogen (secondary N) is 2. The molecule has 11 heteroatoms. The van der Waals surface area contributed by atoms with Gasteiger partial charge in [-0.05, 0) is 48.4 Å². The van der Waals surface area contributed by atoms with Crippen LogP contribution in [0.25, 0.3) is 10.9 Å². The van der Waals surface area contributed by atoms with E-state index < -0.39 is 40.4 Å². The molecule has 0 aliphatic rings. The van der Waals surface area contributed by atoms with Crippen LogP contribution < -0.4 is 25.8 Å². The van der Waals surface area contributed by atoms with Crippen LogP contribution in [0.2, 0.25) is 0 Å². The number of methoxy groups -OCH3 is 2. The number of hydrogen-bond acceptors (Lipinski definition) is 6. The Morgan fingerprint density at radius 3 is 2.32 bits per heavy atom. The first kappa shape index (κ1) is 25.3. The summed E-state index contributed by atoms with van der Waals surface area (Å²) in [5.41, 5.74) is 1.47. The van der Waals surface area contributed by atoms with Crippen LogP contribution in [0.4, 0.5) is 8.78 Å². The predicted octanol–water partition coefficient (Wildman–Crippen LogP) is 3.05. The molecule has 2 N–H and O–H groups in total. The number of rotatable bonds is 8. The number of nitrogens with zero attached hydrogens (tertiary/aromatic N) is 2. The van der Waals surface area contributed by atoms with Crippen molar-refractivity contribution in [1.82, 2.24) is 15.0 Å². The maximum atomic E-state index is 14.1. The first-order valence-corrected chi connectivity index (χ1v) is 11.1. The van der Waals surface area contributed by atoms with E-state index in [1.807, 2.05) is 0 Å². The monoisotopic (exact) mass is 508 g/mol. The molecule has 0 spiro atoms. The van der Waals surface area contributed by atoms with Gasteiger partial charge in [0.2, 0.25) is 5.82 Å². The van der Waals surface area contributed by atoms with Crippen LogP contribution in [-0.4, -0.2) is 42.2 Å². The molecule has 1 aromatic heterocycles. The third kappa shape index (κ3) is 5.25. The number of carbonyl (C=O) groups excluding carboxylic acids is 2. The van der Waals surface area contributed by atoms with Gasteiger partial charge < -0.3 is 14.8 Å². The van der Waals surface area contributed by atoms with Crippen LogP contribution in [0.1, 0.15) is 26.5 Å². The molecule has 0 bridgehead atoms. The van der Waals surface area contributed by atoms with Crippen molar-refractivity contribution in [3.05, 3.63) is 99.6 Å². The lowest BCUT2D eigenvalue weighted by molar-refractivity contribution is 0.0937. The minimum atomic E-state index is -1.26. The van der Waals surface area contributed by atoms with Crippen molar-refractivity contribution in [2.24, 2.45) is 0 Å². The Labute approximate surface area is 209 Å². The molecule has 3 aromatic carbocycles. The number of benzene rings is 3. The Bertz CT molecular complexity index is 1530. The molecule has 0 aliphatic carbocycles. The first-order valence-electron chi connectivity index (χ1n) is 11.1. The summed E-state index contributed by atoms with van der Waals surface area (Å²) in [7, 11) is 3.03. The number of aromatic nitrogens is 2. The fourth-order valence-corrected chi connectivity index (χ4v) is 3.70. The lowest BCUT2D eigenvalue weighted by atomic mass is 10.1. The molecular weight excluding hydrogens is 486 g/mol. The molecule has 4 rings (SSSR count). The second kappa shape index (κ2) is 10.9. The zero-order valence-electron chi connectivity index (χ0n) is 19.9. The second-order valence-electron chi connectivity index (χ2n) is 7.83. The van der Waals surface area contributed by atoms with Crippen molar-refractivity contribution >= 4 is 22.7 Å². The first-order chi connectivity index (χ1) is 17.8. The van der Waals surface area contributed by atoms with Gasteiger partial charge in [0.1, 0.15) is 17.2 Å². The number of fused-ring (bicyclic) bond motifs is 1. The third-order valence-electron chi connectivity index (χ3n) is 5.53. The summed E-state index contributed by atoms with van der Waals surface area (Å²) in [5, 5.41) is 2.74. The summed E-state index contributed by atoms with van der Waals surface area (Å²) >= 11 is 0. The lowest BCUT2D eigenvalue weighted by Crippen LogP contribution is -2.41. The maximum Gasteiger partial charge on any atom is 0.289 e. The van der Waals surface area contributed by atoms with Crippen molar-refractivity contribution in [3.63, 3.8) is 0 Å². The van der Waals surface area contributed by atoms with Crippen LogP contribution in [0.3, 0.4) is 0 Å². The van der Waals surface area contributed by atoms with Gasteiger partial charge in [-0.2, -0.15) is 4.68 Å². The molecule has 0 saturated heterocycles. The van der Waals surface area contributed by atoms with Crippen molar-refractivity contribution in [2.45, 2.75) is 6.42 Å². The maximum absolute atomic E-state index is 14.1. The number of para-hydroxylation sites is 1. The number of halogens is 2. The summed E-state index contributed by atoms with van der Waals surface area (Å²) < 4.78 is 39.4. The fourth-order valence-electron chi connectivity index (χ4n) is 3.70. The molecule has 0 fully saturated rings. The van der Waals surface area contributed by atoms with Gasteiger partial charge in [-0.1, -0.05) is 24.3 Å². The van der Waals surface area contributed by atoms with E-state index in [0.717, 1.165) is 23.8 Å². The summed E-state index contributed by atoms with van der Waals surface area (Å²) in [6, 6.07) is 14.4. The molecule has 37 heavy (non-hydrogen) atoms. The highest BCUT2D eigenvalue weighted by Crippen LogP contribution is 2.27. The van der Waals surface area contributed by atoms with Gasteiger partial charge >= 0.3 is 0 Å². The van der Waals surface area contributed by atoms with Crippen LogP contribution in [0, 0.1) is 11.6 Å². The highest BCUT2D eigenvalue weighted by Gasteiger charge is 2.23. The van der Waals surface area contributed by atoms with Crippen molar-refractivity contribution in [1.29, 1.82) is 0 Å². The topological polar surface area (TPSA) is 112 Å². The second-order valence-corrected chi connectivity index (χ2v) is 7.83. The van der Waals surface area contributed by atoms with Gasteiger partial charge in [-0.25, -0.2) is 13.8 Å². The van der Waals surface area contributed by atoms with E-state index in [2.05, 4.69) is 15.7 Å². The molecule has 190 valence electrons. The van der Waals surface area contributed by atoms with Crippen LogP contribution in [0.5, 0.6) is 11.5 Å². The Morgan fingerprint density at radius 1 is 0.919 bits per heavy atom. The van der Waals surface area contributed by atoms with Crippen molar-refractivity contribution < 1.29 is 27.8 Å². The van der Waals surface area contributed by atoms with E-state index >= 15 is 0 Å². The van der Waals surface area contributed by atoms with E-state index in [4.69, 9.17) is 9.47 Å². The summed E-state index contributed by atoms with van der Waals surface area (Å²) in [6.07, 6.45) is 0.400. The molecule has 9 nitrogen and oxygen atoms in total. The Hall–Kier alpha value is -4.80. The molecule has 2 amide bonds. The SMILES string of the molecule is COc1ccc(CCNC(=O)c2nc3ccccc3c(=O)n2NC(=O)c2c(F)cccc2F)cc1OC. The van der Waals surface area contributed by atoms with E-state index in [-0.39, 0.29) is 17.4 Å². The highest BCUT2D eigenvalue weighted by molar-refractivity contribution is 6.01. The molecule has 0 aliphatic heterocycles. The summed E-state index contributed by atoms with van der Waals surface area (Å²) in [4.78, 5) is 43.1. The Balaban J connectivity index is 1.62. The summed E-state index contributed by atoms with van der Waals surface area (Å²) in [6.45, 7) is 0.146. The van der Waals surface area contributed by atoms with Gasteiger partial charge in [0, 0.05) is 6.54 Å². The zero-order chi connectivity index (χ0) is 26.5. The van der Waals surface area contributed by atoms with Crippen LogP contribution in [-0.2, 0) is 6.42 Å². The minimum Gasteiger partial charge on any atom is -0.493 e. The number of carbonyl (C=O) groups is 2. The lowest BCUT2D eigenvalue weighted by Gasteiger charge is -2.15. The molecular formula is C26H22F2N4O5. The van der Waals surface area contributed by atoms with Gasteiger partial charge in [0.25, 0.3) is 17.4 Å². The quantitative estimate of drug-likeness (QED) is 0.379. The van der Waals surface area contributed by atoms with Gasteiger partial charge in [-0.3, -0.25) is 19.8 Å². The molecule has 0 saturated carbocycles. The largest absolute Gasteiger partial charge is 0.493 e. The number of amides is 2. The van der Waals surface area contributed by atoms with Crippen LogP contribution >= 0.6 is 0 Å². The van der Waals surface area contributed by atoms with Crippen molar-refractivity contribution in [2.75, 3.05) is 26.2 Å². The number of ether oxygens (including phenoxy) is 2. The highest BCUT2D eigenvalue weighted by atomic mass is 19.1. The normalized spacial score (nSPS) is 10.7. The van der Waals surface area contributed by atoms with Gasteiger partial charge in [0.15, 0.2) is 11.5 Å². The molecule has 0 unspecified atom stereocenters. The summed E-state index contributed by atoms with van der Waals surface area (Å²) in [5.74, 6) is -3.66. The Morgan fingerprint density at radius 2 is 1.62 bits per heavy atom. The standard InChI is InChI=1S/C26H22F2N4O5/c1-36-20-11-10-15(14-21(20)37-2)12-13-29-25(34)23-30-19-9-4-3-6-16(19)26(35)32(23)31-24(33)22-17(27)7-5-8-18(22)28/h3-11,14H,12-13H2,1-2H3,(H,29,34)(H,31,33). The van der Waals surface area contributed by atoms with E-state index in [0.29, 0.717) is 22.6 Å². The smallest absolute Gasteiger partial charge is 0.289 e. The average Bonchev–Trinajstić information content (AvgIpc) is 2.89. The fraction of sp³-hybridized carbons (Fsp3) is 0.154. The average molecular weight is 508 g/mol. The van der Waals surface area contributed by atoms with E-state index in [1.54, 1.807) is 30.3 Å². The zero-order valence-corrected chi connectivity index (χ0v) is 19.9. The molecule has 0 radical (unpaired) electrons. The molecule has 1 heterocycles. The van der Waals surface area contributed by atoms with E-state index in [9.17, 15) is 23.2 Å². The van der Waals surface area contributed by atoms with Gasteiger partial charge in [0.05, 0.1) is 25.1 Å².